The molecule has 1 aliphatic carbocycles. The van der Waals surface area contributed by atoms with Crippen LogP contribution >= 0.6 is 15.9 Å². The van der Waals surface area contributed by atoms with Crippen molar-refractivity contribution in [3.63, 3.8) is 0 Å². The Hall–Kier alpha value is -0.830. The van der Waals surface area contributed by atoms with E-state index in [9.17, 15) is 4.79 Å². The van der Waals surface area contributed by atoms with Crippen LogP contribution in [-0.4, -0.2) is 11.9 Å². The van der Waals surface area contributed by atoms with E-state index in [0.717, 1.165) is 22.9 Å². The zero-order valence-corrected chi connectivity index (χ0v) is 11.5. The van der Waals surface area contributed by atoms with Gasteiger partial charge in [-0.15, -0.1) is 0 Å². The second-order valence-corrected chi connectivity index (χ2v) is 5.62. The Balaban J connectivity index is 1.84. The van der Waals surface area contributed by atoms with E-state index in [-0.39, 0.29) is 5.91 Å². The first-order valence-corrected chi connectivity index (χ1v) is 7.07. The summed E-state index contributed by atoms with van der Waals surface area (Å²) in [7, 11) is 0. The van der Waals surface area contributed by atoms with Gasteiger partial charge in [0.05, 0.1) is 6.42 Å². The van der Waals surface area contributed by atoms with Crippen molar-refractivity contribution in [1.29, 1.82) is 0 Å². The van der Waals surface area contributed by atoms with Crippen LogP contribution in [-0.2, 0) is 11.2 Å². The first-order chi connectivity index (χ1) is 8.24. The maximum absolute atomic E-state index is 11.9. The van der Waals surface area contributed by atoms with E-state index in [4.69, 9.17) is 0 Å². The first kappa shape index (κ1) is 12.6. The number of halogens is 1. The van der Waals surface area contributed by atoms with Crippen molar-refractivity contribution in [1.82, 2.24) is 5.32 Å². The second kappa shape index (κ2) is 6.20. The largest absolute Gasteiger partial charge is 0.353 e. The number of hydrogen-bond donors (Lipinski definition) is 1. The lowest BCUT2D eigenvalue weighted by Crippen LogP contribution is -2.37. The molecule has 0 heterocycles. The summed E-state index contributed by atoms with van der Waals surface area (Å²) in [6.07, 6.45) is 6.59. The van der Waals surface area contributed by atoms with E-state index < -0.39 is 0 Å². The fraction of sp³-hybridized carbons (Fsp3) is 0.500. The molecule has 0 atom stereocenters. The average Bonchev–Trinajstić information content (AvgIpc) is 2.30. The first-order valence-electron chi connectivity index (χ1n) is 6.28. The van der Waals surface area contributed by atoms with Crippen molar-refractivity contribution in [2.24, 2.45) is 0 Å². The Labute approximate surface area is 111 Å². The number of hydrogen-bond acceptors (Lipinski definition) is 1. The van der Waals surface area contributed by atoms with Gasteiger partial charge in [-0.3, -0.25) is 4.79 Å². The smallest absolute Gasteiger partial charge is 0.224 e. The van der Waals surface area contributed by atoms with Crippen LogP contribution in [0.2, 0.25) is 0 Å². The van der Waals surface area contributed by atoms with Crippen LogP contribution in [0.4, 0.5) is 0 Å². The minimum atomic E-state index is 0.148. The maximum Gasteiger partial charge on any atom is 0.224 e. The number of nitrogens with one attached hydrogen (secondary N) is 1. The molecule has 0 radical (unpaired) electrons. The monoisotopic (exact) mass is 295 g/mol. The van der Waals surface area contributed by atoms with Gasteiger partial charge in [0.1, 0.15) is 0 Å². The number of rotatable bonds is 3. The van der Waals surface area contributed by atoms with Gasteiger partial charge in [0, 0.05) is 10.5 Å². The third-order valence-electron chi connectivity index (χ3n) is 3.22. The fourth-order valence-electron chi connectivity index (χ4n) is 2.36. The third kappa shape index (κ3) is 4.15. The molecule has 1 N–H and O–H groups in total. The molecule has 1 aliphatic rings. The topological polar surface area (TPSA) is 29.1 Å². The van der Waals surface area contributed by atoms with Crippen molar-refractivity contribution in [2.45, 2.75) is 44.6 Å². The molecule has 1 aromatic rings. The van der Waals surface area contributed by atoms with E-state index in [1.807, 2.05) is 24.3 Å². The molecule has 1 aromatic carbocycles. The zero-order valence-electron chi connectivity index (χ0n) is 9.92. The van der Waals surface area contributed by atoms with Gasteiger partial charge >= 0.3 is 0 Å². The van der Waals surface area contributed by atoms with Crippen molar-refractivity contribution in [3.05, 3.63) is 34.3 Å². The highest BCUT2D eigenvalue weighted by Crippen LogP contribution is 2.17. The summed E-state index contributed by atoms with van der Waals surface area (Å²) in [6, 6.07) is 8.34. The van der Waals surface area contributed by atoms with Crippen LogP contribution in [0, 0.1) is 0 Å². The summed E-state index contributed by atoms with van der Waals surface area (Å²) in [5.41, 5.74) is 1.06. The van der Waals surface area contributed by atoms with Crippen LogP contribution in [0.25, 0.3) is 0 Å². The quantitative estimate of drug-likeness (QED) is 0.909. The predicted octanol–water partition coefficient (Wildman–Crippen LogP) is 3.44. The lowest BCUT2D eigenvalue weighted by atomic mass is 9.95. The molecule has 92 valence electrons. The van der Waals surface area contributed by atoms with Gasteiger partial charge in [-0.25, -0.2) is 0 Å². The molecule has 1 fully saturated rings. The number of amides is 1. The predicted molar refractivity (Wildman–Crippen MR) is 72.9 cm³/mol. The van der Waals surface area contributed by atoms with Crippen molar-refractivity contribution in [2.75, 3.05) is 0 Å². The SMILES string of the molecule is O=C(Cc1cccc(Br)c1)NC1CCCCC1. The minimum Gasteiger partial charge on any atom is -0.353 e. The highest BCUT2D eigenvalue weighted by atomic mass is 79.9. The van der Waals surface area contributed by atoms with Crippen molar-refractivity contribution >= 4 is 21.8 Å². The van der Waals surface area contributed by atoms with E-state index in [1.165, 1.54) is 19.3 Å². The van der Waals surface area contributed by atoms with Crippen LogP contribution in [0.15, 0.2) is 28.7 Å². The number of benzene rings is 1. The van der Waals surface area contributed by atoms with Gasteiger partial charge in [-0.1, -0.05) is 47.3 Å². The molecule has 1 amide bonds. The van der Waals surface area contributed by atoms with E-state index in [0.29, 0.717) is 12.5 Å². The van der Waals surface area contributed by atoms with Gasteiger partial charge in [-0.2, -0.15) is 0 Å². The highest BCUT2D eigenvalue weighted by Gasteiger charge is 2.15. The summed E-state index contributed by atoms with van der Waals surface area (Å²) in [5.74, 6) is 0.148. The van der Waals surface area contributed by atoms with Gasteiger partial charge in [0.25, 0.3) is 0 Å². The molecule has 3 heteroatoms. The Kier molecular flexibility index (Phi) is 4.60. The Bertz CT molecular complexity index is 386. The molecule has 2 nitrogen and oxygen atoms in total. The molecule has 0 unspecified atom stereocenters. The lowest BCUT2D eigenvalue weighted by Gasteiger charge is -2.22. The molecular formula is C14H18BrNO. The second-order valence-electron chi connectivity index (χ2n) is 4.71. The van der Waals surface area contributed by atoms with E-state index >= 15 is 0 Å². The molecule has 0 aliphatic heterocycles. The normalized spacial score (nSPS) is 16.8. The molecular weight excluding hydrogens is 278 g/mol. The highest BCUT2D eigenvalue weighted by molar-refractivity contribution is 9.10. The molecule has 0 saturated heterocycles. The van der Waals surface area contributed by atoms with Crippen molar-refractivity contribution in [3.8, 4) is 0 Å². The summed E-state index contributed by atoms with van der Waals surface area (Å²) in [6.45, 7) is 0. The molecule has 0 spiro atoms. The third-order valence-corrected chi connectivity index (χ3v) is 3.72. The van der Waals surface area contributed by atoms with Crippen LogP contribution < -0.4 is 5.32 Å². The fourth-order valence-corrected chi connectivity index (χ4v) is 2.80. The summed E-state index contributed by atoms with van der Waals surface area (Å²) in [5, 5.41) is 3.13. The van der Waals surface area contributed by atoms with Gasteiger partial charge in [-0.05, 0) is 30.5 Å². The average molecular weight is 296 g/mol. The van der Waals surface area contributed by atoms with Crippen LogP contribution in [0.3, 0.4) is 0 Å². The number of carbonyl (C=O) groups is 1. The molecule has 0 bridgehead atoms. The Morgan fingerprint density at radius 2 is 2.06 bits per heavy atom. The zero-order chi connectivity index (χ0) is 12.1. The van der Waals surface area contributed by atoms with Gasteiger partial charge < -0.3 is 5.32 Å². The van der Waals surface area contributed by atoms with Gasteiger partial charge in [0.15, 0.2) is 0 Å². The van der Waals surface area contributed by atoms with E-state index in [1.54, 1.807) is 0 Å². The molecule has 2 rings (SSSR count). The maximum atomic E-state index is 11.9. The van der Waals surface area contributed by atoms with E-state index in [2.05, 4.69) is 21.2 Å². The van der Waals surface area contributed by atoms with Crippen LogP contribution in [0.5, 0.6) is 0 Å². The van der Waals surface area contributed by atoms with Crippen molar-refractivity contribution < 1.29 is 4.79 Å². The Morgan fingerprint density at radius 3 is 2.76 bits per heavy atom. The number of carbonyl (C=O) groups excluding carboxylic acids is 1. The Morgan fingerprint density at radius 1 is 1.29 bits per heavy atom. The summed E-state index contributed by atoms with van der Waals surface area (Å²) in [4.78, 5) is 11.9. The lowest BCUT2D eigenvalue weighted by molar-refractivity contribution is -0.121. The molecule has 1 saturated carbocycles. The summed E-state index contributed by atoms with van der Waals surface area (Å²) < 4.78 is 1.03. The minimum absolute atomic E-state index is 0.148. The molecule has 0 aromatic heterocycles. The van der Waals surface area contributed by atoms with Gasteiger partial charge in [0.2, 0.25) is 5.91 Å². The van der Waals surface area contributed by atoms with Crippen LogP contribution in [0.1, 0.15) is 37.7 Å². The summed E-state index contributed by atoms with van der Waals surface area (Å²) >= 11 is 3.42. The molecule has 17 heavy (non-hydrogen) atoms. The standard InChI is InChI=1S/C14H18BrNO/c15-12-6-4-5-11(9-12)10-14(17)16-13-7-2-1-3-8-13/h4-6,9,13H,1-3,7-8,10H2,(H,16,17).